The van der Waals surface area contributed by atoms with Crippen LogP contribution < -0.4 is 5.32 Å². The van der Waals surface area contributed by atoms with Gasteiger partial charge in [0.15, 0.2) is 0 Å². The minimum atomic E-state index is -4.43. The Hall–Kier alpha value is -3.13. The molecule has 0 spiro atoms. The van der Waals surface area contributed by atoms with Crippen molar-refractivity contribution in [2.24, 2.45) is 0 Å². The molecule has 1 aliphatic rings. The molecule has 2 aromatic carbocycles. The van der Waals surface area contributed by atoms with Gasteiger partial charge in [-0.2, -0.15) is 13.2 Å². The molecule has 1 atom stereocenters. The van der Waals surface area contributed by atoms with E-state index in [4.69, 9.17) is 0 Å². The quantitative estimate of drug-likeness (QED) is 0.527. The Kier molecular flexibility index (Phi) is 6.83. The highest BCUT2D eigenvalue weighted by Gasteiger charge is 2.33. The van der Waals surface area contributed by atoms with Gasteiger partial charge in [-0.25, -0.2) is 0 Å². The lowest BCUT2D eigenvalue weighted by atomic mass is 9.93. The molecule has 1 N–H and O–H groups in total. The van der Waals surface area contributed by atoms with Crippen molar-refractivity contribution >= 4 is 23.2 Å². The molecule has 0 aliphatic carbocycles. The fourth-order valence-electron chi connectivity index (χ4n) is 4.09. The first-order valence-electron chi connectivity index (χ1n) is 10.7. The van der Waals surface area contributed by atoms with Crippen molar-refractivity contribution in [3.8, 4) is 0 Å². The van der Waals surface area contributed by atoms with Crippen LogP contribution in [0.15, 0.2) is 66.0 Å². The van der Waals surface area contributed by atoms with E-state index in [2.05, 4.69) is 11.4 Å². The summed E-state index contributed by atoms with van der Waals surface area (Å²) in [5, 5.41) is 4.65. The maximum absolute atomic E-state index is 13.1. The number of hydrogen-bond acceptors (Lipinski definition) is 3. The molecule has 172 valence electrons. The van der Waals surface area contributed by atoms with Crippen LogP contribution in [0.1, 0.15) is 46.0 Å². The third kappa shape index (κ3) is 5.45. The number of carbonyl (C=O) groups is 2. The Labute approximate surface area is 194 Å². The number of nitrogens with zero attached hydrogens (tertiary/aromatic N) is 1. The van der Waals surface area contributed by atoms with Crippen molar-refractivity contribution < 1.29 is 22.8 Å². The third-order valence-corrected chi connectivity index (χ3v) is 6.71. The molecule has 1 aliphatic heterocycles. The lowest BCUT2D eigenvalue weighted by Crippen LogP contribution is -2.40. The zero-order valence-electron chi connectivity index (χ0n) is 17.8. The van der Waals surface area contributed by atoms with Gasteiger partial charge in [0.25, 0.3) is 0 Å². The first kappa shape index (κ1) is 23.0. The molecular formula is C25H23F3N2O2S. The summed E-state index contributed by atoms with van der Waals surface area (Å²) in [5.74, 6) is -0.486. The second kappa shape index (κ2) is 9.79. The van der Waals surface area contributed by atoms with Crippen LogP contribution in [-0.2, 0) is 28.7 Å². The number of nitrogens with one attached hydrogen (secondary N) is 1. The molecule has 33 heavy (non-hydrogen) atoms. The summed E-state index contributed by atoms with van der Waals surface area (Å²) in [6.45, 7) is 0.559. The number of fused-ring (bicyclic) bond motifs is 1. The van der Waals surface area contributed by atoms with E-state index in [-0.39, 0.29) is 37.2 Å². The van der Waals surface area contributed by atoms with Crippen molar-refractivity contribution in [1.82, 2.24) is 10.2 Å². The van der Waals surface area contributed by atoms with Gasteiger partial charge in [0, 0.05) is 30.8 Å². The summed E-state index contributed by atoms with van der Waals surface area (Å²) >= 11 is 1.69. The summed E-state index contributed by atoms with van der Waals surface area (Å²) in [6.07, 6.45) is -3.63. The van der Waals surface area contributed by atoms with Crippen LogP contribution in [0.5, 0.6) is 0 Å². The number of carbonyl (C=O) groups excluding carboxylic acids is 2. The third-order valence-electron chi connectivity index (χ3n) is 5.71. The van der Waals surface area contributed by atoms with Crippen molar-refractivity contribution in [1.29, 1.82) is 0 Å². The van der Waals surface area contributed by atoms with E-state index in [0.717, 1.165) is 29.7 Å². The summed E-state index contributed by atoms with van der Waals surface area (Å²) in [5.41, 5.74) is 1.75. The highest BCUT2D eigenvalue weighted by molar-refractivity contribution is 7.10. The maximum atomic E-state index is 13.1. The number of halogens is 3. The Bertz CT molecular complexity index is 1130. The monoisotopic (exact) mass is 472 g/mol. The van der Waals surface area contributed by atoms with Crippen LogP contribution in [0, 0.1) is 0 Å². The fourth-order valence-corrected chi connectivity index (χ4v) is 4.99. The largest absolute Gasteiger partial charge is 0.416 e. The number of thiophene rings is 1. The zero-order valence-corrected chi connectivity index (χ0v) is 18.6. The first-order chi connectivity index (χ1) is 15.8. The Morgan fingerprint density at radius 1 is 1.03 bits per heavy atom. The minimum Gasteiger partial charge on any atom is -0.352 e. The summed E-state index contributed by atoms with van der Waals surface area (Å²) < 4.78 is 38.6. The number of rotatable bonds is 6. The predicted molar refractivity (Wildman–Crippen MR) is 121 cm³/mol. The van der Waals surface area contributed by atoms with Gasteiger partial charge in [-0.3, -0.25) is 9.59 Å². The van der Waals surface area contributed by atoms with E-state index in [1.165, 1.54) is 17.0 Å². The lowest BCUT2D eigenvalue weighted by Gasteiger charge is -2.36. The second-order valence-corrected chi connectivity index (χ2v) is 8.93. The Morgan fingerprint density at radius 2 is 1.82 bits per heavy atom. The van der Waals surface area contributed by atoms with Gasteiger partial charge in [-0.15, -0.1) is 11.3 Å². The number of benzene rings is 2. The van der Waals surface area contributed by atoms with Gasteiger partial charge in [0.1, 0.15) is 0 Å². The van der Waals surface area contributed by atoms with Gasteiger partial charge in [-0.05, 0) is 46.7 Å². The number of amides is 2. The molecule has 0 fully saturated rings. The lowest BCUT2D eigenvalue weighted by molar-refractivity contribution is -0.137. The van der Waals surface area contributed by atoms with E-state index >= 15 is 0 Å². The standard InChI is InChI=1S/C25H23F3N2O2S/c26-25(27,28)19-8-4-5-17(15-19)16-29-22(31)9-10-23(32)30-13-11-21-20(12-14-33-21)24(30)18-6-2-1-3-7-18/h1-8,12,14-15,24H,9-11,13,16H2,(H,29,31). The van der Waals surface area contributed by atoms with E-state index in [1.54, 1.807) is 11.3 Å². The minimum absolute atomic E-state index is 0.0215. The molecule has 8 heteroatoms. The topological polar surface area (TPSA) is 49.4 Å². The zero-order chi connectivity index (χ0) is 23.4. The summed E-state index contributed by atoms with van der Waals surface area (Å²) in [7, 11) is 0. The molecule has 2 amide bonds. The van der Waals surface area contributed by atoms with Crippen molar-refractivity contribution in [2.75, 3.05) is 6.54 Å². The van der Waals surface area contributed by atoms with Gasteiger partial charge in [-0.1, -0.05) is 42.5 Å². The first-order valence-corrected chi connectivity index (χ1v) is 11.5. The molecule has 0 saturated heterocycles. The Morgan fingerprint density at radius 3 is 2.58 bits per heavy atom. The Balaban J connectivity index is 1.37. The van der Waals surface area contributed by atoms with Crippen LogP contribution in [0.2, 0.25) is 0 Å². The van der Waals surface area contributed by atoms with Gasteiger partial charge in [0.05, 0.1) is 11.6 Å². The van der Waals surface area contributed by atoms with E-state index < -0.39 is 11.7 Å². The van der Waals surface area contributed by atoms with Crippen LogP contribution >= 0.6 is 11.3 Å². The number of hydrogen-bond donors (Lipinski definition) is 1. The van der Waals surface area contributed by atoms with Gasteiger partial charge in [0.2, 0.25) is 11.8 Å². The van der Waals surface area contributed by atoms with Crippen molar-refractivity contribution in [3.63, 3.8) is 0 Å². The molecule has 0 bridgehead atoms. The molecular weight excluding hydrogens is 449 g/mol. The van der Waals surface area contributed by atoms with Crippen LogP contribution in [-0.4, -0.2) is 23.3 Å². The SMILES string of the molecule is O=C(CCC(=O)N1CCc2sccc2C1c1ccccc1)NCc1cccc(C(F)(F)F)c1. The van der Waals surface area contributed by atoms with E-state index in [9.17, 15) is 22.8 Å². The highest BCUT2D eigenvalue weighted by atomic mass is 32.1. The number of alkyl halides is 3. The van der Waals surface area contributed by atoms with Gasteiger partial charge >= 0.3 is 6.18 Å². The average Bonchev–Trinajstić information content (AvgIpc) is 3.29. The van der Waals surface area contributed by atoms with Gasteiger partial charge < -0.3 is 10.2 Å². The summed E-state index contributed by atoms with van der Waals surface area (Å²) in [4.78, 5) is 28.5. The van der Waals surface area contributed by atoms with Crippen molar-refractivity contribution in [2.45, 2.75) is 38.0 Å². The normalized spacial score (nSPS) is 15.7. The molecule has 1 aromatic heterocycles. The maximum Gasteiger partial charge on any atom is 0.416 e. The molecule has 4 rings (SSSR count). The molecule has 4 nitrogen and oxygen atoms in total. The fraction of sp³-hybridized carbons (Fsp3) is 0.280. The van der Waals surface area contributed by atoms with E-state index in [0.29, 0.717) is 12.1 Å². The molecule has 0 radical (unpaired) electrons. The molecule has 3 aromatic rings. The molecule has 2 heterocycles. The molecule has 1 unspecified atom stereocenters. The van der Waals surface area contributed by atoms with E-state index in [1.807, 2.05) is 40.6 Å². The van der Waals surface area contributed by atoms with Crippen LogP contribution in [0.3, 0.4) is 0 Å². The van der Waals surface area contributed by atoms with Crippen molar-refractivity contribution in [3.05, 3.63) is 93.2 Å². The summed E-state index contributed by atoms with van der Waals surface area (Å²) in [6, 6.07) is 16.5. The smallest absolute Gasteiger partial charge is 0.352 e. The molecule has 0 saturated carbocycles. The highest BCUT2D eigenvalue weighted by Crippen LogP contribution is 2.38. The van der Waals surface area contributed by atoms with Crippen LogP contribution in [0.25, 0.3) is 0 Å². The predicted octanol–water partition coefficient (Wildman–Crippen LogP) is 5.34. The average molecular weight is 473 g/mol. The van der Waals surface area contributed by atoms with Crippen LogP contribution in [0.4, 0.5) is 13.2 Å². The second-order valence-electron chi connectivity index (χ2n) is 7.92.